The number of aromatic nitrogens is 2. The summed E-state index contributed by atoms with van der Waals surface area (Å²) in [5.74, 6) is 1.01. The van der Waals surface area contributed by atoms with E-state index in [1.807, 2.05) is 22.7 Å². The Morgan fingerprint density at radius 2 is 2.16 bits per heavy atom. The van der Waals surface area contributed by atoms with Gasteiger partial charge in [-0.15, -0.1) is 0 Å². The van der Waals surface area contributed by atoms with E-state index in [1.165, 1.54) is 25.7 Å². The zero-order valence-electron chi connectivity index (χ0n) is 10.9. The fourth-order valence-corrected chi connectivity index (χ4v) is 3.30. The number of pyridine rings is 1. The second-order valence-electron chi connectivity index (χ2n) is 6.09. The molecule has 4 heteroatoms. The van der Waals surface area contributed by atoms with Crippen LogP contribution in [0, 0.1) is 11.3 Å². The van der Waals surface area contributed by atoms with Gasteiger partial charge < -0.3 is 9.72 Å². The summed E-state index contributed by atoms with van der Waals surface area (Å²) in [6, 6.07) is 3.84. The van der Waals surface area contributed by atoms with Gasteiger partial charge in [0.25, 0.3) is 0 Å². The van der Waals surface area contributed by atoms with Gasteiger partial charge in [-0.3, -0.25) is 0 Å². The van der Waals surface area contributed by atoms with Crippen LogP contribution >= 0.6 is 11.6 Å². The zero-order valence-corrected chi connectivity index (χ0v) is 11.7. The first-order chi connectivity index (χ1) is 9.25. The van der Waals surface area contributed by atoms with E-state index in [0.29, 0.717) is 5.41 Å². The maximum absolute atomic E-state index is 5.98. The number of nitrogens with zero attached hydrogens (tertiary/aromatic N) is 2. The molecule has 2 aromatic rings. The second kappa shape index (κ2) is 4.22. The van der Waals surface area contributed by atoms with Gasteiger partial charge in [0, 0.05) is 25.5 Å². The molecule has 0 unspecified atom stereocenters. The van der Waals surface area contributed by atoms with E-state index < -0.39 is 0 Å². The Morgan fingerprint density at radius 3 is 2.89 bits per heavy atom. The summed E-state index contributed by atoms with van der Waals surface area (Å²) in [7, 11) is 0. The molecular formula is C15H18ClN3. The van der Waals surface area contributed by atoms with Gasteiger partial charge in [0.15, 0.2) is 0 Å². The molecule has 0 radical (unpaired) electrons. The molecule has 2 aliphatic rings. The Hall–Kier alpha value is -1.06. The highest BCUT2D eigenvalue weighted by atomic mass is 35.5. The summed E-state index contributed by atoms with van der Waals surface area (Å²) in [6.45, 7) is 2.01. The minimum absolute atomic E-state index is 0.655. The highest BCUT2D eigenvalue weighted by Crippen LogP contribution is 2.60. The van der Waals surface area contributed by atoms with Crippen LogP contribution in [-0.4, -0.2) is 15.9 Å². The molecule has 100 valence electrons. The first-order valence-corrected chi connectivity index (χ1v) is 7.47. The highest BCUT2D eigenvalue weighted by Gasteiger charge is 2.53. The average molecular weight is 276 g/mol. The number of imidazole rings is 1. The average Bonchev–Trinajstić information content (AvgIpc) is 3.26. The summed E-state index contributed by atoms with van der Waals surface area (Å²) < 4.78 is 1.99. The Labute approximate surface area is 118 Å². The maximum Gasteiger partial charge on any atom is 0.137 e. The van der Waals surface area contributed by atoms with E-state index in [2.05, 4.69) is 16.5 Å². The van der Waals surface area contributed by atoms with Gasteiger partial charge in [0.2, 0.25) is 0 Å². The third kappa shape index (κ3) is 2.26. The van der Waals surface area contributed by atoms with Crippen LogP contribution in [0.3, 0.4) is 0 Å². The lowest BCUT2D eigenvalue weighted by molar-refractivity contribution is 0.402. The lowest BCUT2D eigenvalue weighted by Gasteiger charge is -2.14. The lowest BCUT2D eigenvalue weighted by Crippen LogP contribution is -2.25. The van der Waals surface area contributed by atoms with Crippen LogP contribution in [0.15, 0.2) is 24.5 Å². The number of halogens is 1. The fraction of sp³-hybridized carbons (Fsp3) is 0.533. The zero-order chi connectivity index (χ0) is 12.9. The van der Waals surface area contributed by atoms with E-state index >= 15 is 0 Å². The van der Waals surface area contributed by atoms with Gasteiger partial charge in [0.05, 0.1) is 10.7 Å². The molecule has 2 heterocycles. The first-order valence-electron chi connectivity index (χ1n) is 7.09. The largest absolute Gasteiger partial charge is 0.311 e. The molecule has 0 spiro atoms. The molecule has 0 aromatic carbocycles. The van der Waals surface area contributed by atoms with E-state index in [4.69, 9.17) is 11.6 Å². The number of rotatable bonds is 5. The van der Waals surface area contributed by atoms with Crippen molar-refractivity contribution in [2.75, 3.05) is 6.54 Å². The molecule has 0 amide bonds. The lowest BCUT2D eigenvalue weighted by atomic mass is 10.0. The SMILES string of the molecule is Clc1ccc2nc(CNCC3(C4CC4)CC3)cn2c1. The van der Waals surface area contributed by atoms with E-state index in [1.54, 1.807) is 0 Å². The van der Waals surface area contributed by atoms with Gasteiger partial charge in [-0.2, -0.15) is 0 Å². The Kier molecular flexibility index (Phi) is 2.61. The molecule has 2 fully saturated rings. The molecular weight excluding hydrogens is 258 g/mol. The maximum atomic E-state index is 5.98. The summed E-state index contributed by atoms with van der Waals surface area (Å²) in [5.41, 5.74) is 2.71. The molecule has 2 aliphatic carbocycles. The molecule has 0 atom stereocenters. The third-order valence-electron chi connectivity index (χ3n) is 4.58. The Balaban J connectivity index is 1.41. The van der Waals surface area contributed by atoms with Gasteiger partial charge in [0.1, 0.15) is 5.65 Å². The monoisotopic (exact) mass is 275 g/mol. The van der Waals surface area contributed by atoms with Crippen molar-refractivity contribution < 1.29 is 0 Å². The Morgan fingerprint density at radius 1 is 1.32 bits per heavy atom. The smallest absolute Gasteiger partial charge is 0.137 e. The van der Waals surface area contributed by atoms with Gasteiger partial charge in [-0.25, -0.2) is 4.98 Å². The molecule has 3 nitrogen and oxygen atoms in total. The van der Waals surface area contributed by atoms with Crippen molar-refractivity contribution in [3.8, 4) is 0 Å². The van der Waals surface area contributed by atoms with Gasteiger partial charge >= 0.3 is 0 Å². The van der Waals surface area contributed by atoms with Gasteiger partial charge in [-0.05, 0) is 49.1 Å². The minimum Gasteiger partial charge on any atom is -0.311 e. The number of hydrogen-bond donors (Lipinski definition) is 1. The molecule has 4 rings (SSSR count). The van der Waals surface area contributed by atoms with Crippen molar-refractivity contribution in [3.63, 3.8) is 0 Å². The minimum atomic E-state index is 0.655. The summed E-state index contributed by atoms with van der Waals surface area (Å²) in [6.07, 6.45) is 9.71. The number of fused-ring (bicyclic) bond motifs is 1. The van der Waals surface area contributed by atoms with Crippen LogP contribution < -0.4 is 5.32 Å². The van der Waals surface area contributed by atoms with Crippen LogP contribution in [0.4, 0.5) is 0 Å². The summed E-state index contributed by atoms with van der Waals surface area (Å²) >= 11 is 5.98. The molecule has 1 N–H and O–H groups in total. The quantitative estimate of drug-likeness (QED) is 0.907. The van der Waals surface area contributed by atoms with Crippen molar-refractivity contribution >= 4 is 17.2 Å². The standard InChI is InChI=1S/C15H18ClN3/c16-12-3-4-14-18-13(9-19(14)8-12)7-17-10-15(5-6-15)11-1-2-11/h3-4,8-9,11,17H,1-2,5-7,10H2. The molecule has 0 aliphatic heterocycles. The second-order valence-corrected chi connectivity index (χ2v) is 6.52. The van der Waals surface area contributed by atoms with Crippen LogP contribution in [-0.2, 0) is 6.54 Å². The van der Waals surface area contributed by atoms with Crippen LogP contribution in [0.2, 0.25) is 5.02 Å². The van der Waals surface area contributed by atoms with Crippen LogP contribution in [0.25, 0.3) is 5.65 Å². The first kappa shape index (κ1) is 11.7. The predicted octanol–water partition coefficient (Wildman–Crippen LogP) is 3.27. The summed E-state index contributed by atoms with van der Waals surface area (Å²) in [4.78, 5) is 4.60. The fourth-order valence-electron chi connectivity index (χ4n) is 3.13. The predicted molar refractivity (Wildman–Crippen MR) is 76.3 cm³/mol. The van der Waals surface area contributed by atoms with Crippen molar-refractivity contribution in [2.24, 2.45) is 11.3 Å². The number of hydrogen-bond acceptors (Lipinski definition) is 2. The molecule has 0 saturated heterocycles. The third-order valence-corrected chi connectivity index (χ3v) is 4.81. The van der Waals surface area contributed by atoms with E-state index in [-0.39, 0.29) is 0 Å². The molecule has 19 heavy (non-hydrogen) atoms. The topological polar surface area (TPSA) is 29.3 Å². The van der Waals surface area contributed by atoms with Crippen LogP contribution in [0.5, 0.6) is 0 Å². The van der Waals surface area contributed by atoms with Crippen molar-refractivity contribution in [3.05, 3.63) is 35.2 Å². The van der Waals surface area contributed by atoms with E-state index in [9.17, 15) is 0 Å². The van der Waals surface area contributed by atoms with E-state index in [0.717, 1.165) is 35.4 Å². The highest BCUT2D eigenvalue weighted by molar-refractivity contribution is 6.30. The van der Waals surface area contributed by atoms with Gasteiger partial charge in [-0.1, -0.05) is 11.6 Å². The van der Waals surface area contributed by atoms with Crippen molar-refractivity contribution in [2.45, 2.75) is 32.2 Å². The normalized spacial score (nSPS) is 20.9. The van der Waals surface area contributed by atoms with Crippen molar-refractivity contribution in [1.29, 1.82) is 0 Å². The molecule has 2 aromatic heterocycles. The van der Waals surface area contributed by atoms with Crippen LogP contribution in [0.1, 0.15) is 31.4 Å². The summed E-state index contributed by atoms with van der Waals surface area (Å²) in [5, 5.41) is 4.34. The molecule has 0 bridgehead atoms. The van der Waals surface area contributed by atoms with Crippen molar-refractivity contribution in [1.82, 2.24) is 14.7 Å². The molecule has 2 saturated carbocycles. The number of nitrogens with one attached hydrogen (secondary N) is 1. The Bertz CT molecular complexity index is 611.